The summed E-state index contributed by atoms with van der Waals surface area (Å²) in [5, 5.41) is 1.75. The van der Waals surface area contributed by atoms with Gasteiger partial charge in [-0.2, -0.15) is 0 Å². The largest absolute Gasteiger partial charge is 0.467 e. The second-order valence-corrected chi connectivity index (χ2v) is 7.96. The number of piperidine rings is 1. The van der Waals surface area contributed by atoms with Gasteiger partial charge in [-0.15, -0.1) is 0 Å². The number of hydrogen-bond acceptors (Lipinski definition) is 4. The minimum atomic E-state index is -0.0270. The predicted octanol–water partition coefficient (Wildman–Crippen LogP) is 5.29. The number of ether oxygens (including phenoxy) is 1. The molecule has 1 amide bonds. The average molecular weight is 407 g/mol. The van der Waals surface area contributed by atoms with Gasteiger partial charge in [0.1, 0.15) is 11.6 Å². The Labute approximate surface area is 165 Å². The molecule has 134 valence electrons. The molecule has 0 aliphatic carbocycles. The van der Waals surface area contributed by atoms with E-state index in [0.717, 1.165) is 23.1 Å². The first-order chi connectivity index (χ1) is 12.6. The van der Waals surface area contributed by atoms with Crippen LogP contribution >= 0.6 is 34.5 Å². The van der Waals surface area contributed by atoms with Crippen LogP contribution in [0.25, 0.3) is 10.2 Å². The summed E-state index contributed by atoms with van der Waals surface area (Å²) in [6, 6.07) is 12.9. The average Bonchev–Trinajstić information content (AvgIpc) is 3.06. The highest BCUT2D eigenvalue weighted by molar-refractivity contribution is 7.20. The topological polar surface area (TPSA) is 42.4 Å². The van der Waals surface area contributed by atoms with Crippen molar-refractivity contribution in [2.24, 2.45) is 0 Å². The van der Waals surface area contributed by atoms with E-state index in [1.807, 2.05) is 35.2 Å². The molecule has 0 unspecified atom stereocenters. The number of aromatic nitrogens is 1. The van der Waals surface area contributed by atoms with E-state index >= 15 is 0 Å². The Hall–Kier alpha value is -1.82. The van der Waals surface area contributed by atoms with E-state index in [9.17, 15) is 4.79 Å². The van der Waals surface area contributed by atoms with Gasteiger partial charge in [0.15, 0.2) is 0 Å². The van der Waals surface area contributed by atoms with Crippen LogP contribution < -0.4 is 4.74 Å². The summed E-state index contributed by atoms with van der Waals surface area (Å²) >= 11 is 13.8. The zero-order valence-corrected chi connectivity index (χ0v) is 16.2. The van der Waals surface area contributed by atoms with Crippen molar-refractivity contribution in [2.45, 2.75) is 18.9 Å². The van der Waals surface area contributed by atoms with Crippen molar-refractivity contribution < 1.29 is 9.53 Å². The van der Waals surface area contributed by atoms with Crippen LogP contribution in [-0.2, 0) is 0 Å². The van der Waals surface area contributed by atoms with Gasteiger partial charge in [0, 0.05) is 25.9 Å². The molecule has 26 heavy (non-hydrogen) atoms. The Kier molecular flexibility index (Phi) is 5.02. The third-order valence-corrected chi connectivity index (χ3v) is 6.00. The number of carbonyl (C=O) groups excluding carboxylic acids is 1. The fourth-order valence-corrected chi connectivity index (χ4v) is 4.47. The maximum absolute atomic E-state index is 12.6. The number of carbonyl (C=O) groups is 1. The fourth-order valence-electron chi connectivity index (χ4n) is 3.07. The first-order valence-corrected chi connectivity index (χ1v) is 9.94. The number of halogens is 2. The van der Waals surface area contributed by atoms with Crippen LogP contribution in [0.3, 0.4) is 0 Å². The minimum absolute atomic E-state index is 0.0270. The molecule has 0 spiro atoms. The van der Waals surface area contributed by atoms with Gasteiger partial charge in [-0.05, 0) is 24.3 Å². The molecule has 1 aromatic heterocycles. The second-order valence-electron chi connectivity index (χ2n) is 6.16. The minimum Gasteiger partial charge on any atom is -0.467 e. The Morgan fingerprint density at radius 2 is 1.81 bits per heavy atom. The lowest BCUT2D eigenvalue weighted by molar-refractivity contribution is 0.0595. The molecule has 7 heteroatoms. The Morgan fingerprint density at radius 1 is 1.08 bits per heavy atom. The number of amides is 1. The fraction of sp³-hybridized carbons (Fsp3) is 0.263. The van der Waals surface area contributed by atoms with Crippen LogP contribution in [0.5, 0.6) is 5.19 Å². The molecule has 4 nitrogen and oxygen atoms in total. The van der Waals surface area contributed by atoms with Crippen molar-refractivity contribution in [1.82, 2.24) is 9.88 Å². The molecule has 0 radical (unpaired) electrons. The Morgan fingerprint density at radius 3 is 2.54 bits per heavy atom. The summed E-state index contributed by atoms with van der Waals surface area (Å²) in [6.07, 6.45) is 1.57. The number of fused-ring (bicyclic) bond motifs is 1. The number of thiazole rings is 1. The van der Waals surface area contributed by atoms with E-state index < -0.39 is 0 Å². The third-order valence-electron chi connectivity index (χ3n) is 4.45. The van der Waals surface area contributed by atoms with Crippen LogP contribution in [0.2, 0.25) is 10.0 Å². The molecule has 4 rings (SSSR count). The standard InChI is InChI=1S/C19H16Cl2N2O2S/c20-14-5-2-1-4-13(14)18(24)23-10-8-12(9-11-23)25-19-22-17-15(21)6-3-7-16(17)26-19/h1-7,12H,8-11H2. The molecule has 3 aromatic rings. The first kappa shape index (κ1) is 17.6. The Bertz CT molecular complexity index is 952. The van der Waals surface area contributed by atoms with Gasteiger partial charge in [-0.1, -0.05) is 52.7 Å². The number of likely N-dealkylation sites (tertiary alicyclic amines) is 1. The molecule has 1 fully saturated rings. The summed E-state index contributed by atoms with van der Waals surface area (Å²) in [5.41, 5.74) is 1.33. The van der Waals surface area contributed by atoms with Gasteiger partial charge in [-0.3, -0.25) is 4.79 Å². The summed E-state index contributed by atoms with van der Waals surface area (Å²) in [5.74, 6) is -0.0270. The van der Waals surface area contributed by atoms with E-state index in [-0.39, 0.29) is 12.0 Å². The molecule has 1 aliphatic rings. The first-order valence-electron chi connectivity index (χ1n) is 8.37. The maximum atomic E-state index is 12.6. The molecule has 0 bridgehead atoms. The molecular formula is C19H16Cl2N2O2S. The van der Waals surface area contributed by atoms with E-state index in [1.54, 1.807) is 12.1 Å². The van der Waals surface area contributed by atoms with Crippen LogP contribution in [0.15, 0.2) is 42.5 Å². The van der Waals surface area contributed by atoms with Gasteiger partial charge in [0.2, 0.25) is 0 Å². The lowest BCUT2D eigenvalue weighted by atomic mass is 10.1. The molecule has 1 saturated heterocycles. The van der Waals surface area contributed by atoms with Crippen LogP contribution in [-0.4, -0.2) is 35.0 Å². The van der Waals surface area contributed by atoms with Crippen molar-refractivity contribution in [3.63, 3.8) is 0 Å². The number of hydrogen-bond donors (Lipinski definition) is 0. The van der Waals surface area contributed by atoms with E-state index in [0.29, 0.717) is 33.9 Å². The summed E-state index contributed by atoms with van der Waals surface area (Å²) in [6.45, 7) is 1.28. The van der Waals surface area contributed by atoms with Crippen LogP contribution in [0.1, 0.15) is 23.2 Å². The van der Waals surface area contributed by atoms with Gasteiger partial charge in [0.25, 0.3) is 11.1 Å². The number of para-hydroxylation sites is 1. The van der Waals surface area contributed by atoms with E-state index in [1.165, 1.54) is 11.3 Å². The Balaban J connectivity index is 1.39. The van der Waals surface area contributed by atoms with Gasteiger partial charge < -0.3 is 9.64 Å². The lowest BCUT2D eigenvalue weighted by Gasteiger charge is -2.31. The van der Waals surface area contributed by atoms with Gasteiger partial charge in [0.05, 0.1) is 20.3 Å². The zero-order chi connectivity index (χ0) is 18.1. The van der Waals surface area contributed by atoms with Crippen molar-refractivity contribution in [1.29, 1.82) is 0 Å². The molecule has 0 saturated carbocycles. The number of benzene rings is 2. The highest BCUT2D eigenvalue weighted by Crippen LogP contribution is 2.33. The van der Waals surface area contributed by atoms with Gasteiger partial charge >= 0.3 is 0 Å². The normalized spacial score (nSPS) is 15.4. The highest BCUT2D eigenvalue weighted by Gasteiger charge is 2.26. The second kappa shape index (κ2) is 7.43. The molecule has 0 atom stereocenters. The number of nitrogens with zero attached hydrogens (tertiary/aromatic N) is 2. The number of rotatable bonds is 3. The summed E-state index contributed by atoms with van der Waals surface area (Å²) in [7, 11) is 0. The van der Waals surface area contributed by atoms with E-state index in [2.05, 4.69) is 4.98 Å². The summed E-state index contributed by atoms with van der Waals surface area (Å²) in [4.78, 5) is 18.9. The van der Waals surface area contributed by atoms with Crippen molar-refractivity contribution in [3.05, 3.63) is 58.1 Å². The molecular weight excluding hydrogens is 391 g/mol. The zero-order valence-electron chi connectivity index (χ0n) is 13.8. The van der Waals surface area contributed by atoms with Crippen molar-refractivity contribution >= 4 is 50.7 Å². The SMILES string of the molecule is O=C(c1ccccc1Cl)N1CCC(Oc2nc3c(Cl)cccc3s2)CC1. The smallest absolute Gasteiger partial charge is 0.274 e. The highest BCUT2D eigenvalue weighted by atomic mass is 35.5. The summed E-state index contributed by atoms with van der Waals surface area (Å²) < 4.78 is 7.05. The molecule has 2 heterocycles. The third kappa shape index (κ3) is 3.52. The molecule has 2 aromatic carbocycles. The predicted molar refractivity (Wildman–Crippen MR) is 106 cm³/mol. The quantitative estimate of drug-likeness (QED) is 0.593. The monoisotopic (exact) mass is 406 g/mol. The van der Waals surface area contributed by atoms with Crippen molar-refractivity contribution in [2.75, 3.05) is 13.1 Å². The van der Waals surface area contributed by atoms with Gasteiger partial charge in [-0.25, -0.2) is 4.98 Å². The van der Waals surface area contributed by atoms with Crippen LogP contribution in [0, 0.1) is 0 Å². The molecule has 0 N–H and O–H groups in total. The van der Waals surface area contributed by atoms with Crippen LogP contribution in [0.4, 0.5) is 0 Å². The maximum Gasteiger partial charge on any atom is 0.274 e. The molecule has 1 aliphatic heterocycles. The van der Waals surface area contributed by atoms with Crippen molar-refractivity contribution in [3.8, 4) is 5.19 Å². The van der Waals surface area contributed by atoms with E-state index in [4.69, 9.17) is 27.9 Å². The lowest BCUT2D eigenvalue weighted by Crippen LogP contribution is -2.41.